The zero-order valence-electron chi connectivity index (χ0n) is 14.5. The summed E-state index contributed by atoms with van der Waals surface area (Å²) in [6.07, 6.45) is 1.80. The lowest BCUT2D eigenvalue weighted by molar-refractivity contribution is 0.471. The molecule has 23 heavy (non-hydrogen) atoms. The number of benzene rings is 2. The van der Waals surface area contributed by atoms with Crippen molar-refractivity contribution in [1.82, 2.24) is 0 Å². The molecule has 3 nitrogen and oxygen atoms in total. The van der Waals surface area contributed by atoms with E-state index in [1.807, 2.05) is 26.0 Å². The average Bonchev–Trinajstić information content (AvgIpc) is 2.51. The number of aryl methyl sites for hydroxylation is 4. The minimum absolute atomic E-state index is 0.276. The number of phenols is 1. The van der Waals surface area contributed by atoms with E-state index in [0.29, 0.717) is 5.75 Å². The molecule has 2 aromatic carbocycles. The topological polar surface area (TPSA) is 49.7 Å². The summed E-state index contributed by atoms with van der Waals surface area (Å²) >= 11 is 0. The summed E-state index contributed by atoms with van der Waals surface area (Å²) in [5.74, 6) is 0.930. The van der Waals surface area contributed by atoms with Crippen molar-refractivity contribution in [1.29, 1.82) is 0 Å². The van der Waals surface area contributed by atoms with Crippen molar-refractivity contribution >= 4 is 8.38 Å². The third-order valence-electron chi connectivity index (χ3n) is 4.02. The van der Waals surface area contributed by atoms with E-state index in [2.05, 4.69) is 26.0 Å². The molecule has 1 atom stereocenters. The maximum atomic E-state index is 10.6. The van der Waals surface area contributed by atoms with Crippen molar-refractivity contribution in [3.8, 4) is 22.6 Å². The van der Waals surface area contributed by atoms with Gasteiger partial charge in [-0.05, 0) is 61.1 Å². The van der Waals surface area contributed by atoms with E-state index in [1.54, 1.807) is 6.66 Å². The molecule has 4 heteroatoms. The number of rotatable bonds is 5. The quantitative estimate of drug-likeness (QED) is 0.748. The maximum Gasteiger partial charge on any atom is 0.224 e. The van der Waals surface area contributed by atoms with Crippen LogP contribution in [0.5, 0.6) is 11.5 Å². The van der Waals surface area contributed by atoms with E-state index in [0.717, 1.165) is 35.1 Å². The smallest absolute Gasteiger partial charge is 0.224 e. The van der Waals surface area contributed by atoms with Crippen LogP contribution in [-0.4, -0.2) is 16.7 Å². The highest BCUT2D eigenvalue weighted by Crippen LogP contribution is 2.44. The van der Waals surface area contributed by atoms with Crippen molar-refractivity contribution in [2.24, 2.45) is 0 Å². The Morgan fingerprint density at radius 2 is 1.43 bits per heavy atom. The zero-order valence-corrected chi connectivity index (χ0v) is 15.4. The molecule has 2 N–H and O–H groups in total. The number of phenolic OH excluding ortho intramolecular Hbond substituents is 1. The first-order valence-corrected chi connectivity index (χ1v) is 9.60. The molecule has 124 valence electrons. The van der Waals surface area contributed by atoms with E-state index in [9.17, 15) is 10.00 Å². The van der Waals surface area contributed by atoms with Crippen molar-refractivity contribution < 1.29 is 14.5 Å². The summed E-state index contributed by atoms with van der Waals surface area (Å²) < 4.78 is 5.71. The Labute approximate surface area is 139 Å². The summed E-state index contributed by atoms with van der Waals surface area (Å²) in [6.45, 7) is 9.74. The predicted molar refractivity (Wildman–Crippen MR) is 97.5 cm³/mol. The SMILES string of the molecule is CCc1cc(C)c(O)c(-c2cc(CC)cc(C)c2OP(C)O)c1. The molecular formula is C19H25O3P. The van der Waals surface area contributed by atoms with Gasteiger partial charge in [-0.25, -0.2) is 0 Å². The highest BCUT2D eigenvalue weighted by atomic mass is 31.2. The molecule has 2 rings (SSSR count). The van der Waals surface area contributed by atoms with Gasteiger partial charge in [0.25, 0.3) is 0 Å². The summed E-state index contributed by atoms with van der Waals surface area (Å²) in [5, 5.41) is 10.6. The molecule has 0 saturated carbocycles. The monoisotopic (exact) mass is 332 g/mol. The lowest BCUT2D eigenvalue weighted by Gasteiger charge is -2.19. The van der Waals surface area contributed by atoms with Crippen LogP contribution in [0, 0.1) is 13.8 Å². The van der Waals surface area contributed by atoms with E-state index in [4.69, 9.17) is 4.52 Å². The van der Waals surface area contributed by atoms with Crippen molar-refractivity contribution in [2.45, 2.75) is 40.5 Å². The van der Waals surface area contributed by atoms with Crippen molar-refractivity contribution in [3.63, 3.8) is 0 Å². The normalized spacial score (nSPS) is 12.3. The van der Waals surface area contributed by atoms with E-state index in [-0.39, 0.29) is 5.75 Å². The third kappa shape index (κ3) is 3.85. The van der Waals surface area contributed by atoms with E-state index < -0.39 is 8.38 Å². The van der Waals surface area contributed by atoms with E-state index in [1.165, 1.54) is 11.1 Å². The molecule has 2 aromatic rings. The van der Waals surface area contributed by atoms with Gasteiger partial charge in [0.05, 0.1) is 0 Å². The van der Waals surface area contributed by atoms with Crippen LogP contribution in [0.4, 0.5) is 0 Å². The molecule has 0 spiro atoms. The van der Waals surface area contributed by atoms with Gasteiger partial charge in [-0.1, -0.05) is 26.0 Å². The van der Waals surface area contributed by atoms with Crippen molar-refractivity contribution in [3.05, 3.63) is 46.5 Å². The molecule has 0 bridgehead atoms. The summed E-state index contributed by atoms with van der Waals surface area (Å²) in [6, 6.07) is 8.15. The fourth-order valence-electron chi connectivity index (χ4n) is 2.77. The van der Waals surface area contributed by atoms with Crippen LogP contribution in [0.15, 0.2) is 24.3 Å². The zero-order chi connectivity index (χ0) is 17.1. The van der Waals surface area contributed by atoms with Crippen LogP contribution < -0.4 is 4.52 Å². The minimum Gasteiger partial charge on any atom is -0.507 e. The minimum atomic E-state index is -1.52. The van der Waals surface area contributed by atoms with Gasteiger partial charge in [-0.3, -0.25) is 0 Å². The Morgan fingerprint density at radius 1 is 0.913 bits per heavy atom. The molecule has 0 aliphatic carbocycles. The Morgan fingerprint density at radius 3 is 1.96 bits per heavy atom. The van der Waals surface area contributed by atoms with Gasteiger partial charge in [0.15, 0.2) is 0 Å². The van der Waals surface area contributed by atoms with Crippen LogP contribution in [0.25, 0.3) is 11.1 Å². The van der Waals surface area contributed by atoms with Crippen LogP contribution in [0.3, 0.4) is 0 Å². The molecule has 0 radical (unpaired) electrons. The van der Waals surface area contributed by atoms with Crippen LogP contribution in [0.2, 0.25) is 0 Å². The van der Waals surface area contributed by atoms with Gasteiger partial charge in [-0.15, -0.1) is 0 Å². The van der Waals surface area contributed by atoms with Crippen LogP contribution >= 0.6 is 8.38 Å². The number of hydrogen-bond acceptors (Lipinski definition) is 3. The first kappa shape index (κ1) is 17.8. The Balaban J connectivity index is 2.75. The Hall–Kier alpha value is -1.57. The fraction of sp³-hybridized carbons (Fsp3) is 0.368. The fourth-order valence-corrected chi connectivity index (χ4v) is 3.28. The second-order valence-electron chi connectivity index (χ2n) is 5.86. The molecular weight excluding hydrogens is 307 g/mol. The third-order valence-corrected chi connectivity index (χ3v) is 4.47. The molecule has 0 amide bonds. The van der Waals surface area contributed by atoms with Gasteiger partial charge in [0, 0.05) is 17.8 Å². The summed E-state index contributed by atoms with van der Waals surface area (Å²) in [5.41, 5.74) is 5.80. The lowest BCUT2D eigenvalue weighted by Crippen LogP contribution is -1.96. The molecule has 0 saturated heterocycles. The summed E-state index contributed by atoms with van der Waals surface area (Å²) in [7, 11) is -1.52. The number of aromatic hydroxyl groups is 1. The van der Waals surface area contributed by atoms with Crippen molar-refractivity contribution in [2.75, 3.05) is 6.66 Å². The molecule has 0 aliphatic heterocycles. The van der Waals surface area contributed by atoms with Gasteiger partial charge < -0.3 is 14.5 Å². The van der Waals surface area contributed by atoms with Gasteiger partial charge >= 0.3 is 0 Å². The maximum absolute atomic E-state index is 10.6. The predicted octanol–water partition coefficient (Wildman–Crippen LogP) is 5.11. The van der Waals surface area contributed by atoms with Gasteiger partial charge in [-0.2, -0.15) is 0 Å². The molecule has 0 heterocycles. The van der Waals surface area contributed by atoms with Gasteiger partial charge in [0.1, 0.15) is 11.5 Å². The summed E-state index contributed by atoms with van der Waals surface area (Å²) in [4.78, 5) is 9.73. The second kappa shape index (κ2) is 7.33. The largest absolute Gasteiger partial charge is 0.507 e. The van der Waals surface area contributed by atoms with Gasteiger partial charge in [0.2, 0.25) is 8.38 Å². The first-order chi connectivity index (χ1) is 10.9. The Kier molecular flexibility index (Phi) is 5.67. The molecule has 1 unspecified atom stereocenters. The first-order valence-electron chi connectivity index (χ1n) is 7.94. The lowest BCUT2D eigenvalue weighted by atomic mass is 9.93. The van der Waals surface area contributed by atoms with Crippen LogP contribution in [0.1, 0.15) is 36.1 Å². The van der Waals surface area contributed by atoms with E-state index >= 15 is 0 Å². The molecule has 0 aromatic heterocycles. The highest BCUT2D eigenvalue weighted by molar-refractivity contribution is 7.45. The standard InChI is InChI=1S/C19H25O3P/c1-6-14-8-12(3)18(20)16(10-14)17-11-15(7-2)9-13(4)19(17)22-23(5)21/h8-11,20-21H,6-7H2,1-5H3. The molecule has 0 fully saturated rings. The molecule has 0 aliphatic rings. The number of hydrogen-bond donors (Lipinski definition) is 2. The average molecular weight is 332 g/mol. The highest BCUT2D eigenvalue weighted by Gasteiger charge is 2.18. The van der Waals surface area contributed by atoms with Crippen LogP contribution in [-0.2, 0) is 12.8 Å². The Bertz CT molecular complexity index is 708. The second-order valence-corrected chi connectivity index (χ2v) is 6.97.